The average molecular weight is 381 g/mol. The third-order valence-corrected chi connectivity index (χ3v) is 5.55. The van der Waals surface area contributed by atoms with Crippen molar-refractivity contribution in [2.75, 3.05) is 37.6 Å². The first-order chi connectivity index (χ1) is 13.8. The molecule has 0 aliphatic carbocycles. The number of amides is 2. The summed E-state index contributed by atoms with van der Waals surface area (Å²) >= 11 is 0. The van der Waals surface area contributed by atoms with E-state index < -0.39 is 0 Å². The van der Waals surface area contributed by atoms with E-state index in [-0.39, 0.29) is 12.1 Å². The van der Waals surface area contributed by atoms with Gasteiger partial charge in [0, 0.05) is 56.9 Å². The van der Waals surface area contributed by atoms with Gasteiger partial charge in [-0.1, -0.05) is 0 Å². The lowest BCUT2D eigenvalue weighted by atomic mass is 9.96. The monoisotopic (exact) mass is 381 g/mol. The molecule has 1 atom stereocenters. The van der Waals surface area contributed by atoms with E-state index >= 15 is 0 Å². The number of carbonyl (C=O) groups is 1. The first kappa shape index (κ1) is 18.5. The van der Waals surface area contributed by atoms with Crippen LogP contribution < -0.4 is 15.0 Å². The summed E-state index contributed by atoms with van der Waals surface area (Å²) < 4.78 is 5.91. The molecule has 2 aromatic rings. The number of rotatable bonds is 5. The molecule has 0 saturated carbocycles. The second-order valence-corrected chi connectivity index (χ2v) is 7.49. The fourth-order valence-electron chi connectivity index (χ4n) is 3.91. The van der Waals surface area contributed by atoms with Crippen LogP contribution in [0.15, 0.2) is 49.1 Å². The summed E-state index contributed by atoms with van der Waals surface area (Å²) in [7, 11) is 0. The molecular formula is C21H27N5O2. The Morgan fingerprint density at radius 3 is 2.64 bits per heavy atom. The summed E-state index contributed by atoms with van der Waals surface area (Å²) in [5.41, 5.74) is 1.23. The number of anilines is 1. The normalized spacial score (nSPS) is 20.2. The van der Waals surface area contributed by atoms with E-state index in [9.17, 15) is 4.79 Å². The van der Waals surface area contributed by atoms with Crippen molar-refractivity contribution in [1.29, 1.82) is 0 Å². The maximum Gasteiger partial charge on any atom is 0.317 e. The van der Waals surface area contributed by atoms with Crippen molar-refractivity contribution in [1.82, 2.24) is 20.2 Å². The summed E-state index contributed by atoms with van der Waals surface area (Å²) in [6, 6.07) is 7.88. The third-order valence-electron chi connectivity index (χ3n) is 5.55. The van der Waals surface area contributed by atoms with Gasteiger partial charge in [-0.15, -0.1) is 0 Å². The Morgan fingerprint density at radius 2 is 1.89 bits per heavy atom. The smallest absolute Gasteiger partial charge is 0.317 e. The van der Waals surface area contributed by atoms with Gasteiger partial charge >= 0.3 is 6.03 Å². The Bertz CT molecular complexity index is 750. The van der Waals surface area contributed by atoms with Crippen molar-refractivity contribution in [2.45, 2.75) is 25.4 Å². The highest BCUT2D eigenvalue weighted by atomic mass is 16.5. The van der Waals surface area contributed by atoms with Gasteiger partial charge in [-0.3, -0.25) is 9.97 Å². The van der Waals surface area contributed by atoms with Gasteiger partial charge in [-0.05, 0) is 43.0 Å². The van der Waals surface area contributed by atoms with Crippen LogP contribution in [0.25, 0.3) is 0 Å². The zero-order chi connectivity index (χ0) is 19.2. The van der Waals surface area contributed by atoms with E-state index in [1.165, 1.54) is 5.69 Å². The lowest BCUT2D eigenvalue weighted by Gasteiger charge is -2.33. The minimum absolute atomic E-state index is 0.0221. The van der Waals surface area contributed by atoms with Crippen LogP contribution in [-0.2, 0) is 0 Å². The van der Waals surface area contributed by atoms with Gasteiger partial charge < -0.3 is 19.9 Å². The predicted molar refractivity (Wildman–Crippen MR) is 107 cm³/mol. The topological polar surface area (TPSA) is 70.6 Å². The molecule has 0 radical (unpaired) electrons. The number of aromatic nitrogens is 2. The molecule has 2 aliphatic rings. The molecule has 7 heteroatoms. The number of carbonyl (C=O) groups excluding carboxylic acids is 1. The number of pyridine rings is 2. The van der Waals surface area contributed by atoms with Gasteiger partial charge in [0.25, 0.3) is 0 Å². The summed E-state index contributed by atoms with van der Waals surface area (Å²) in [4.78, 5) is 24.9. The number of nitrogens with one attached hydrogen (secondary N) is 1. The number of nitrogens with zero attached hydrogens (tertiary/aromatic N) is 4. The van der Waals surface area contributed by atoms with Crippen molar-refractivity contribution in [2.24, 2.45) is 5.92 Å². The first-order valence-corrected chi connectivity index (χ1v) is 10.0. The maximum absolute atomic E-state index is 12.5. The molecule has 1 unspecified atom stereocenters. The van der Waals surface area contributed by atoms with Crippen LogP contribution in [0.2, 0.25) is 0 Å². The summed E-state index contributed by atoms with van der Waals surface area (Å²) in [6.45, 7) is 4.15. The van der Waals surface area contributed by atoms with Gasteiger partial charge in [-0.2, -0.15) is 0 Å². The fraction of sp³-hybridized carbons (Fsp3) is 0.476. The Labute approximate surface area is 165 Å². The zero-order valence-electron chi connectivity index (χ0n) is 16.0. The molecule has 4 heterocycles. The van der Waals surface area contributed by atoms with E-state index in [1.807, 2.05) is 29.4 Å². The SMILES string of the molecule is O=C(NCC1CCN(c2ccncc2)CC1)N1CCC(Oc2cccnc2)C1. The lowest BCUT2D eigenvalue weighted by molar-refractivity contribution is 0.185. The standard InChI is InChI=1S/C21H27N5O2/c27-21(26-13-7-20(16-26)28-19-2-1-8-23-15-19)24-14-17-5-11-25(12-6-17)18-3-9-22-10-4-18/h1-4,8-10,15,17,20H,5-7,11-14,16H2,(H,24,27). The van der Waals surface area contributed by atoms with Gasteiger partial charge in [0.15, 0.2) is 0 Å². The molecule has 2 aromatic heterocycles. The highest BCUT2D eigenvalue weighted by molar-refractivity contribution is 5.74. The average Bonchev–Trinajstić information content (AvgIpc) is 3.22. The molecule has 0 aromatic carbocycles. The third kappa shape index (κ3) is 4.71. The Hall–Kier alpha value is -2.83. The van der Waals surface area contributed by atoms with Crippen LogP contribution in [0, 0.1) is 5.92 Å². The zero-order valence-corrected chi connectivity index (χ0v) is 16.0. The molecule has 1 N–H and O–H groups in total. The van der Waals surface area contributed by atoms with Crippen LogP contribution in [0.5, 0.6) is 5.75 Å². The van der Waals surface area contributed by atoms with Crippen LogP contribution in [0.1, 0.15) is 19.3 Å². The predicted octanol–water partition coefficient (Wildman–Crippen LogP) is 2.56. The molecule has 0 bridgehead atoms. The Kier molecular flexibility index (Phi) is 5.89. The van der Waals surface area contributed by atoms with E-state index in [0.717, 1.165) is 51.2 Å². The molecule has 28 heavy (non-hydrogen) atoms. The number of urea groups is 1. The number of hydrogen-bond donors (Lipinski definition) is 1. The second kappa shape index (κ2) is 8.91. The second-order valence-electron chi connectivity index (χ2n) is 7.49. The van der Waals surface area contributed by atoms with Crippen molar-refractivity contribution in [3.8, 4) is 5.75 Å². The molecule has 4 rings (SSSR count). The molecule has 148 valence electrons. The van der Waals surface area contributed by atoms with Crippen LogP contribution in [0.3, 0.4) is 0 Å². The Balaban J connectivity index is 1.17. The summed E-state index contributed by atoms with van der Waals surface area (Å²) in [5, 5.41) is 3.12. The molecule has 2 fully saturated rings. The lowest BCUT2D eigenvalue weighted by Crippen LogP contribution is -2.43. The molecule has 7 nitrogen and oxygen atoms in total. The molecular weight excluding hydrogens is 354 g/mol. The molecule has 2 aliphatic heterocycles. The number of hydrogen-bond acceptors (Lipinski definition) is 5. The highest BCUT2D eigenvalue weighted by Crippen LogP contribution is 2.22. The van der Waals surface area contributed by atoms with Crippen LogP contribution >= 0.6 is 0 Å². The van der Waals surface area contributed by atoms with Gasteiger partial charge in [0.05, 0.1) is 12.7 Å². The number of piperidine rings is 1. The van der Waals surface area contributed by atoms with Gasteiger partial charge in [0.2, 0.25) is 0 Å². The first-order valence-electron chi connectivity index (χ1n) is 10.0. The maximum atomic E-state index is 12.5. The van der Waals surface area contributed by atoms with E-state index in [1.54, 1.807) is 12.4 Å². The largest absolute Gasteiger partial charge is 0.487 e. The fourth-order valence-corrected chi connectivity index (χ4v) is 3.91. The summed E-state index contributed by atoms with van der Waals surface area (Å²) in [6.07, 6.45) is 10.2. The Morgan fingerprint density at radius 1 is 1.07 bits per heavy atom. The minimum atomic E-state index is 0.0221. The number of likely N-dealkylation sites (tertiary alicyclic amines) is 1. The van der Waals surface area contributed by atoms with E-state index in [0.29, 0.717) is 12.5 Å². The molecule has 2 amide bonds. The van der Waals surface area contributed by atoms with Crippen molar-refractivity contribution >= 4 is 11.7 Å². The van der Waals surface area contributed by atoms with Crippen molar-refractivity contribution in [3.05, 3.63) is 49.1 Å². The summed E-state index contributed by atoms with van der Waals surface area (Å²) in [5.74, 6) is 1.29. The highest BCUT2D eigenvalue weighted by Gasteiger charge is 2.28. The van der Waals surface area contributed by atoms with Crippen molar-refractivity contribution in [3.63, 3.8) is 0 Å². The van der Waals surface area contributed by atoms with E-state index in [2.05, 4.69) is 32.3 Å². The van der Waals surface area contributed by atoms with Crippen LogP contribution in [-0.4, -0.2) is 59.7 Å². The van der Waals surface area contributed by atoms with Crippen molar-refractivity contribution < 1.29 is 9.53 Å². The molecule has 2 saturated heterocycles. The number of ether oxygens (including phenoxy) is 1. The van der Waals surface area contributed by atoms with Gasteiger partial charge in [-0.25, -0.2) is 4.79 Å². The van der Waals surface area contributed by atoms with Gasteiger partial charge in [0.1, 0.15) is 11.9 Å². The quantitative estimate of drug-likeness (QED) is 0.862. The van der Waals surface area contributed by atoms with Crippen LogP contribution in [0.4, 0.5) is 10.5 Å². The molecule has 0 spiro atoms. The minimum Gasteiger partial charge on any atom is -0.487 e. The van der Waals surface area contributed by atoms with E-state index in [4.69, 9.17) is 4.74 Å².